The van der Waals surface area contributed by atoms with Gasteiger partial charge in [-0.25, -0.2) is 4.98 Å². The summed E-state index contributed by atoms with van der Waals surface area (Å²) in [6, 6.07) is 13.0. The van der Waals surface area contributed by atoms with Gasteiger partial charge in [0.1, 0.15) is 5.82 Å². The number of hydrogen-bond donors (Lipinski definition) is 1. The summed E-state index contributed by atoms with van der Waals surface area (Å²) in [5, 5.41) is 3.21. The van der Waals surface area contributed by atoms with E-state index in [9.17, 15) is 0 Å². The molecule has 1 aromatic carbocycles. The first-order valence-corrected chi connectivity index (χ1v) is 9.11. The predicted molar refractivity (Wildman–Crippen MR) is 101 cm³/mol. The number of rotatable bonds is 5. The van der Waals surface area contributed by atoms with Crippen molar-refractivity contribution in [2.75, 3.05) is 56.7 Å². The van der Waals surface area contributed by atoms with Crippen molar-refractivity contribution in [2.24, 2.45) is 0 Å². The van der Waals surface area contributed by atoms with Crippen molar-refractivity contribution < 1.29 is 4.74 Å². The molecule has 132 valence electrons. The Morgan fingerprint density at radius 3 is 2.84 bits per heavy atom. The molecule has 2 aromatic rings. The van der Waals surface area contributed by atoms with E-state index in [1.165, 1.54) is 16.8 Å². The van der Waals surface area contributed by atoms with Crippen LogP contribution in [0.1, 0.15) is 17.0 Å². The Morgan fingerprint density at radius 2 is 2.00 bits per heavy atom. The van der Waals surface area contributed by atoms with Crippen LogP contribution in [0.15, 0.2) is 42.6 Å². The number of nitrogens with zero attached hydrogens (tertiary/aromatic N) is 3. The minimum atomic E-state index is 0.559. The topological polar surface area (TPSA) is 40.6 Å². The molecular weight excluding hydrogens is 312 g/mol. The van der Waals surface area contributed by atoms with E-state index < -0.39 is 0 Å². The molecule has 0 spiro atoms. The Balaban J connectivity index is 1.53. The van der Waals surface area contributed by atoms with E-state index >= 15 is 0 Å². The number of hydrogen-bond acceptors (Lipinski definition) is 5. The number of nitrogens with one attached hydrogen (secondary N) is 1. The van der Waals surface area contributed by atoms with Crippen molar-refractivity contribution in [3.63, 3.8) is 0 Å². The number of morpholine rings is 1. The number of fused-ring (bicyclic) bond motifs is 1. The second-order valence-electron chi connectivity index (χ2n) is 6.81. The minimum absolute atomic E-state index is 0.559. The van der Waals surface area contributed by atoms with Gasteiger partial charge in [-0.1, -0.05) is 24.3 Å². The lowest BCUT2D eigenvalue weighted by molar-refractivity contribution is 0.0356. The van der Waals surface area contributed by atoms with Gasteiger partial charge in [0.25, 0.3) is 0 Å². The van der Waals surface area contributed by atoms with Gasteiger partial charge >= 0.3 is 0 Å². The monoisotopic (exact) mass is 338 g/mol. The molecule has 1 aromatic heterocycles. The van der Waals surface area contributed by atoms with Gasteiger partial charge in [0, 0.05) is 63.1 Å². The molecule has 0 aliphatic carbocycles. The summed E-state index contributed by atoms with van der Waals surface area (Å²) in [6.45, 7) is 6.88. The molecule has 1 saturated heterocycles. The van der Waals surface area contributed by atoms with E-state index in [1.54, 1.807) is 0 Å². The second kappa shape index (κ2) is 7.42. The molecule has 3 heterocycles. The van der Waals surface area contributed by atoms with E-state index in [0.717, 1.165) is 51.8 Å². The van der Waals surface area contributed by atoms with E-state index in [1.807, 2.05) is 19.3 Å². The first-order chi connectivity index (χ1) is 12.3. The smallest absolute Gasteiger partial charge is 0.130 e. The van der Waals surface area contributed by atoms with Gasteiger partial charge in [-0.15, -0.1) is 0 Å². The van der Waals surface area contributed by atoms with Gasteiger partial charge in [-0.3, -0.25) is 4.90 Å². The Hall–Kier alpha value is -2.11. The maximum absolute atomic E-state index is 5.49. The number of aromatic nitrogens is 1. The third-order valence-corrected chi connectivity index (χ3v) is 5.23. The van der Waals surface area contributed by atoms with Gasteiger partial charge in [-0.05, 0) is 17.7 Å². The van der Waals surface area contributed by atoms with Crippen LogP contribution in [0.3, 0.4) is 0 Å². The second-order valence-corrected chi connectivity index (χ2v) is 6.81. The molecule has 0 saturated carbocycles. The van der Waals surface area contributed by atoms with Crippen molar-refractivity contribution in [1.29, 1.82) is 0 Å². The van der Waals surface area contributed by atoms with Gasteiger partial charge in [0.2, 0.25) is 0 Å². The van der Waals surface area contributed by atoms with Crippen LogP contribution in [0, 0.1) is 0 Å². The highest BCUT2D eigenvalue weighted by molar-refractivity contribution is 5.61. The fourth-order valence-electron chi connectivity index (χ4n) is 3.98. The summed E-state index contributed by atoms with van der Waals surface area (Å²) < 4.78 is 5.49. The predicted octanol–water partition coefficient (Wildman–Crippen LogP) is 2.56. The molecule has 4 rings (SSSR count). The fraction of sp³-hybridized carbons (Fsp3) is 0.450. The Morgan fingerprint density at radius 1 is 1.16 bits per heavy atom. The average molecular weight is 338 g/mol. The highest BCUT2D eigenvalue weighted by atomic mass is 16.5. The third-order valence-electron chi connectivity index (χ3n) is 5.23. The summed E-state index contributed by atoms with van der Waals surface area (Å²) in [5.41, 5.74) is 4.09. The molecule has 1 atom stereocenters. The summed E-state index contributed by atoms with van der Waals surface area (Å²) >= 11 is 0. The van der Waals surface area contributed by atoms with E-state index in [0.29, 0.717) is 5.92 Å². The minimum Gasteiger partial charge on any atom is -0.379 e. The number of pyridine rings is 1. The normalized spacial score (nSPS) is 20.5. The van der Waals surface area contributed by atoms with Crippen LogP contribution in [-0.4, -0.2) is 56.3 Å². The number of anilines is 2. The first-order valence-electron chi connectivity index (χ1n) is 9.11. The zero-order valence-electron chi connectivity index (χ0n) is 14.8. The summed E-state index contributed by atoms with van der Waals surface area (Å²) in [6.07, 6.45) is 1.84. The number of para-hydroxylation sites is 1. The van der Waals surface area contributed by atoms with Gasteiger partial charge in [0.05, 0.1) is 13.2 Å². The van der Waals surface area contributed by atoms with Crippen molar-refractivity contribution >= 4 is 11.5 Å². The lowest BCUT2D eigenvalue weighted by atomic mass is 10.0. The van der Waals surface area contributed by atoms with Gasteiger partial charge < -0.3 is 15.0 Å². The van der Waals surface area contributed by atoms with Crippen molar-refractivity contribution in [1.82, 2.24) is 9.88 Å². The molecule has 0 bridgehead atoms. The van der Waals surface area contributed by atoms with Crippen molar-refractivity contribution in [2.45, 2.75) is 12.5 Å². The standard InChI is InChI=1S/C20H26N4O/c1-21-20-16(5-4-8-22-20)14-24-15-17(13-23-9-11-25-12-10-23)18-6-2-3-7-19(18)24/h2-8,17H,9-15H2,1H3,(H,21,22)/t17-/m1/s1. The lowest BCUT2D eigenvalue weighted by Crippen LogP contribution is -2.39. The molecule has 1 fully saturated rings. The zero-order valence-corrected chi connectivity index (χ0v) is 14.8. The molecule has 25 heavy (non-hydrogen) atoms. The maximum Gasteiger partial charge on any atom is 0.130 e. The van der Waals surface area contributed by atoms with Crippen molar-refractivity contribution in [3.05, 3.63) is 53.7 Å². The van der Waals surface area contributed by atoms with Crippen LogP contribution in [0.25, 0.3) is 0 Å². The summed E-state index contributed by atoms with van der Waals surface area (Å²) in [4.78, 5) is 9.49. The highest BCUT2D eigenvalue weighted by Crippen LogP contribution is 2.38. The summed E-state index contributed by atoms with van der Waals surface area (Å²) in [7, 11) is 1.94. The number of ether oxygens (including phenoxy) is 1. The Bertz CT molecular complexity index is 714. The van der Waals surface area contributed by atoms with Crippen molar-refractivity contribution in [3.8, 4) is 0 Å². The third kappa shape index (κ3) is 3.48. The van der Waals surface area contributed by atoms with E-state index in [2.05, 4.69) is 50.4 Å². The molecule has 2 aliphatic heterocycles. The average Bonchev–Trinajstić information content (AvgIpc) is 3.01. The highest BCUT2D eigenvalue weighted by Gasteiger charge is 2.30. The molecule has 5 heteroatoms. The zero-order chi connectivity index (χ0) is 17.1. The fourth-order valence-corrected chi connectivity index (χ4v) is 3.98. The molecular formula is C20H26N4O. The SMILES string of the molecule is CNc1ncccc1CN1C[C@@H](CN2CCOCC2)c2ccccc21. The van der Waals surface area contributed by atoms with E-state index in [4.69, 9.17) is 4.74 Å². The van der Waals surface area contributed by atoms with Crippen LogP contribution in [0.2, 0.25) is 0 Å². The van der Waals surface area contributed by atoms with Crippen LogP contribution in [-0.2, 0) is 11.3 Å². The van der Waals surface area contributed by atoms with Crippen LogP contribution < -0.4 is 10.2 Å². The van der Waals surface area contributed by atoms with Crippen LogP contribution >= 0.6 is 0 Å². The largest absolute Gasteiger partial charge is 0.379 e. The Kier molecular flexibility index (Phi) is 4.85. The van der Waals surface area contributed by atoms with Gasteiger partial charge in [-0.2, -0.15) is 0 Å². The quantitative estimate of drug-likeness (QED) is 0.907. The maximum atomic E-state index is 5.49. The molecule has 0 amide bonds. The molecule has 2 aliphatic rings. The molecule has 0 radical (unpaired) electrons. The Labute approximate surface area is 149 Å². The summed E-state index contributed by atoms with van der Waals surface area (Å²) in [5.74, 6) is 1.53. The molecule has 5 nitrogen and oxygen atoms in total. The van der Waals surface area contributed by atoms with Crippen LogP contribution in [0.5, 0.6) is 0 Å². The van der Waals surface area contributed by atoms with Gasteiger partial charge in [0.15, 0.2) is 0 Å². The molecule has 0 unspecified atom stereocenters. The van der Waals surface area contributed by atoms with Crippen LogP contribution in [0.4, 0.5) is 11.5 Å². The van der Waals surface area contributed by atoms with E-state index in [-0.39, 0.29) is 0 Å². The molecule has 1 N–H and O–H groups in total. The number of benzene rings is 1. The lowest BCUT2D eigenvalue weighted by Gasteiger charge is -2.29. The first kappa shape index (κ1) is 16.4.